The molecule has 0 heterocycles. The fourth-order valence-corrected chi connectivity index (χ4v) is 1.86. The van der Waals surface area contributed by atoms with Gasteiger partial charge in [0.25, 0.3) is 0 Å². The van der Waals surface area contributed by atoms with Gasteiger partial charge in [-0.15, -0.1) is 0 Å². The molecule has 1 atom stereocenters. The molecule has 0 aromatic carbocycles. The van der Waals surface area contributed by atoms with Crippen molar-refractivity contribution in [1.82, 2.24) is 0 Å². The highest BCUT2D eigenvalue weighted by Crippen LogP contribution is 2.18. The number of aliphatic carboxylic acids is 1. The molecular formula is C13H25NO3. The van der Waals surface area contributed by atoms with Gasteiger partial charge in [-0.25, -0.2) is 0 Å². The molecule has 3 N–H and O–H groups in total. The summed E-state index contributed by atoms with van der Waals surface area (Å²) in [5.41, 5.74) is 4.57. The third-order valence-electron chi connectivity index (χ3n) is 3.03. The van der Waals surface area contributed by atoms with Crippen LogP contribution < -0.4 is 5.73 Å². The molecule has 0 amide bonds. The Balaban J connectivity index is 0.000000437. The molecule has 0 aliphatic heterocycles. The second-order valence-electron chi connectivity index (χ2n) is 4.63. The van der Waals surface area contributed by atoms with Crippen LogP contribution in [0, 0.1) is 5.92 Å². The van der Waals surface area contributed by atoms with Crippen molar-refractivity contribution in [1.29, 1.82) is 0 Å². The van der Waals surface area contributed by atoms with Crippen molar-refractivity contribution in [2.75, 3.05) is 6.54 Å². The molecule has 0 saturated heterocycles. The van der Waals surface area contributed by atoms with Gasteiger partial charge in [0.1, 0.15) is 5.78 Å². The van der Waals surface area contributed by atoms with E-state index in [2.05, 4.69) is 12.7 Å². The van der Waals surface area contributed by atoms with Crippen molar-refractivity contribution in [3.63, 3.8) is 0 Å². The number of nitrogens with two attached hydrogens (primary N) is 1. The van der Waals surface area contributed by atoms with Crippen molar-refractivity contribution in [3.8, 4) is 0 Å². The summed E-state index contributed by atoms with van der Waals surface area (Å²) >= 11 is 0. The largest absolute Gasteiger partial charge is 0.480 e. The number of carboxylic acid groups (broad SMARTS) is 1. The van der Waals surface area contributed by atoms with E-state index in [9.17, 15) is 9.59 Å². The molecule has 1 saturated carbocycles. The van der Waals surface area contributed by atoms with Crippen molar-refractivity contribution >= 4 is 11.8 Å². The molecule has 1 fully saturated rings. The molecular weight excluding hydrogens is 218 g/mol. The van der Waals surface area contributed by atoms with Crippen LogP contribution in [0.5, 0.6) is 0 Å². The van der Waals surface area contributed by atoms with E-state index in [0.29, 0.717) is 11.7 Å². The Labute approximate surface area is 104 Å². The van der Waals surface area contributed by atoms with Crippen molar-refractivity contribution in [3.05, 3.63) is 0 Å². The maximum absolute atomic E-state index is 11.4. The molecule has 0 spiro atoms. The van der Waals surface area contributed by atoms with Crippen LogP contribution in [0.1, 0.15) is 58.3 Å². The van der Waals surface area contributed by atoms with Crippen LogP contribution in [0.4, 0.5) is 0 Å². The first-order valence-electron chi connectivity index (χ1n) is 6.52. The fourth-order valence-electron chi connectivity index (χ4n) is 1.86. The number of ketones is 1. The zero-order valence-corrected chi connectivity index (χ0v) is 10.8. The van der Waals surface area contributed by atoms with E-state index in [-0.39, 0.29) is 6.54 Å². The summed E-state index contributed by atoms with van der Waals surface area (Å²) in [5, 5.41) is 7.60. The van der Waals surface area contributed by atoms with E-state index < -0.39 is 5.97 Å². The van der Waals surface area contributed by atoms with E-state index in [1.165, 1.54) is 32.1 Å². The van der Waals surface area contributed by atoms with Crippen LogP contribution in [-0.2, 0) is 9.59 Å². The maximum Gasteiger partial charge on any atom is 0.317 e. The van der Waals surface area contributed by atoms with Crippen molar-refractivity contribution < 1.29 is 14.7 Å². The highest BCUT2D eigenvalue weighted by molar-refractivity contribution is 5.80. The molecule has 4 nitrogen and oxygen atoms in total. The van der Waals surface area contributed by atoms with Gasteiger partial charge in [0.2, 0.25) is 0 Å². The molecule has 1 rings (SSSR count). The standard InChI is InChI=1S/C11H20O.C2H5NO2/c1-10-8-6-4-2-3-5-7-9-11(10)12;3-1-2(4)5/h10H,2-9H2,1H3;1,3H2,(H,4,5). The average Bonchev–Trinajstić information content (AvgIpc) is 2.32. The summed E-state index contributed by atoms with van der Waals surface area (Å²) in [6.45, 7) is 1.81. The minimum absolute atomic E-state index is 0.278. The second-order valence-corrected chi connectivity index (χ2v) is 4.63. The van der Waals surface area contributed by atoms with Gasteiger partial charge in [-0.1, -0.05) is 39.0 Å². The Morgan fingerprint density at radius 2 is 1.71 bits per heavy atom. The van der Waals surface area contributed by atoms with Gasteiger partial charge in [-0.3, -0.25) is 9.59 Å². The monoisotopic (exact) mass is 243 g/mol. The Morgan fingerprint density at radius 3 is 2.24 bits per heavy atom. The number of hydrogen-bond acceptors (Lipinski definition) is 3. The number of rotatable bonds is 1. The molecule has 0 aromatic heterocycles. The van der Waals surface area contributed by atoms with Crippen LogP contribution in [0.3, 0.4) is 0 Å². The maximum atomic E-state index is 11.4. The lowest BCUT2D eigenvalue weighted by atomic mass is 9.93. The van der Waals surface area contributed by atoms with Gasteiger partial charge < -0.3 is 10.8 Å². The van der Waals surface area contributed by atoms with Gasteiger partial charge in [0, 0.05) is 12.3 Å². The first-order valence-corrected chi connectivity index (χ1v) is 6.52. The summed E-state index contributed by atoms with van der Waals surface area (Å²) in [5.74, 6) is -0.134. The molecule has 1 unspecified atom stereocenters. The Bertz CT molecular complexity index is 229. The van der Waals surface area contributed by atoms with Crippen LogP contribution in [-0.4, -0.2) is 23.4 Å². The minimum atomic E-state index is -0.968. The number of hydrogen-bond donors (Lipinski definition) is 2. The third kappa shape index (κ3) is 10.00. The van der Waals surface area contributed by atoms with Crippen LogP contribution in [0.2, 0.25) is 0 Å². The van der Waals surface area contributed by atoms with Gasteiger partial charge in [-0.05, 0) is 12.8 Å². The number of carbonyl (C=O) groups is 2. The number of carboxylic acids is 1. The van der Waals surface area contributed by atoms with E-state index >= 15 is 0 Å². The van der Waals surface area contributed by atoms with Gasteiger partial charge in [0.05, 0.1) is 6.54 Å². The third-order valence-corrected chi connectivity index (χ3v) is 3.03. The molecule has 17 heavy (non-hydrogen) atoms. The lowest BCUT2D eigenvalue weighted by Crippen LogP contribution is -2.11. The Kier molecular flexibility index (Phi) is 9.72. The summed E-state index contributed by atoms with van der Waals surface area (Å²) in [4.78, 5) is 20.7. The predicted molar refractivity (Wildman–Crippen MR) is 67.8 cm³/mol. The molecule has 1 aliphatic rings. The van der Waals surface area contributed by atoms with Gasteiger partial charge in [-0.2, -0.15) is 0 Å². The highest BCUT2D eigenvalue weighted by Gasteiger charge is 2.12. The van der Waals surface area contributed by atoms with Crippen LogP contribution >= 0.6 is 0 Å². The van der Waals surface area contributed by atoms with Crippen molar-refractivity contribution in [2.45, 2.75) is 58.3 Å². The molecule has 0 bridgehead atoms. The first-order chi connectivity index (χ1) is 8.07. The smallest absolute Gasteiger partial charge is 0.317 e. The second kappa shape index (κ2) is 10.3. The summed E-state index contributed by atoms with van der Waals surface area (Å²) in [7, 11) is 0. The molecule has 100 valence electrons. The van der Waals surface area contributed by atoms with E-state index in [0.717, 1.165) is 19.3 Å². The van der Waals surface area contributed by atoms with Crippen molar-refractivity contribution in [2.24, 2.45) is 11.7 Å². The zero-order valence-electron chi connectivity index (χ0n) is 10.8. The SMILES string of the molecule is CC1CCCCCCCCC1=O.NCC(=O)O. The molecule has 4 heteroatoms. The highest BCUT2D eigenvalue weighted by atomic mass is 16.4. The number of carbonyl (C=O) groups excluding carboxylic acids is 1. The lowest BCUT2D eigenvalue weighted by Gasteiger charge is -2.12. The zero-order chi connectivity index (χ0) is 13.1. The van der Waals surface area contributed by atoms with E-state index in [1.54, 1.807) is 0 Å². The molecule has 0 radical (unpaired) electrons. The van der Waals surface area contributed by atoms with Gasteiger partial charge >= 0.3 is 5.97 Å². The Hall–Kier alpha value is -0.900. The van der Waals surface area contributed by atoms with Crippen LogP contribution in [0.15, 0.2) is 0 Å². The number of Topliss-reactive ketones (excluding diaryl/α,β-unsaturated/α-hetero) is 1. The normalized spacial score (nSPS) is 22.2. The minimum Gasteiger partial charge on any atom is -0.480 e. The quantitative estimate of drug-likeness (QED) is 0.740. The Morgan fingerprint density at radius 1 is 1.24 bits per heavy atom. The van der Waals surface area contributed by atoms with E-state index in [4.69, 9.17) is 5.11 Å². The summed E-state index contributed by atoms with van der Waals surface area (Å²) < 4.78 is 0. The summed E-state index contributed by atoms with van der Waals surface area (Å²) in [6, 6.07) is 0. The fraction of sp³-hybridized carbons (Fsp3) is 0.846. The topological polar surface area (TPSA) is 80.4 Å². The first kappa shape index (κ1) is 16.1. The molecule has 1 aliphatic carbocycles. The predicted octanol–water partition coefficient (Wildman–Crippen LogP) is 2.36. The van der Waals surface area contributed by atoms with Gasteiger partial charge in [0.15, 0.2) is 0 Å². The lowest BCUT2D eigenvalue weighted by molar-refractivity contribution is -0.135. The molecule has 0 aromatic rings. The van der Waals surface area contributed by atoms with Crippen LogP contribution in [0.25, 0.3) is 0 Å². The summed E-state index contributed by atoms with van der Waals surface area (Å²) in [6.07, 6.45) is 9.65. The average molecular weight is 243 g/mol. The van der Waals surface area contributed by atoms with E-state index in [1.807, 2.05) is 0 Å².